The van der Waals surface area contributed by atoms with Crippen LogP contribution < -0.4 is 21.1 Å². The average molecular weight is 883 g/mol. The van der Waals surface area contributed by atoms with Crippen molar-refractivity contribution in [1.29, 1.82) is 0 Å². The molecule has 6 amide bonds. The normalized spacial score (nSPS) is 22.3. The van der Waals surface area contributed by atoms with Crippen molar-refractivity contribution in [3.63, 3.8) is 0 Å². The zero-order valence-corrected chi connectivity index (χ0v) is 36.8. The van der Waals surface area contributed by atoms with E-state index in [1.807, 2.05) is 81.2 Å². The Kier molecular flexibility index (Phi) is 12.0. The molecule has 4 saturated heterocycles. The Bertz CT molecular complexity index is 2430. The number of nitrogens with one attached hydrogen (secondary N) is 2. The van der Waals surface area contributed by atoms with Crippen LogP contribution in [-0.4, -0.2) is 135 Å². The number of ether oxygens (including phenoxy) is 1. The smallest absolute Gasteiger partial charge is 0.320 e. The zero-order chi connectivity index (χ0) is 44.6. The van der Waals surface area contributed by atoms with Crippen molar-refractivity contribution >= 4 is 35.5 Å². The van der Waals surface area contributed by atoms with E-state index in [2.05, 4.69) is 26.5 Å². The van der Waals surface area contributed by atoms with Crippen LogP contribution in [0, 0.1) is 11.8 Å². The maximum Gasteiger partial charge on any atom is 0.320 e. The van der Waals surface area contributed by atoms with E-state index in [0.29, 0.717) is 60.5 Å². The van der Waals surface area contributed by atoms with E-state index in [1.165, 1.54) is 0 Å². The highest BCUT2D eigenvalue weighted by atomic mass is 16.5. The van der Waals surface area contributed by atoms with Gasteiger partial charge in [0.2, 0.25) is 11.8 Å². The van der Waals surface area contributed by atoms with E-state index in [4.69, 9.17) is 15.6 Å². The minimum atomic E-state index is -0.621. The van der Waals surface area contributed by atoms with Crippen molar-refractivity contribution in [2.24, 2.45) is 17.6 Å². The number of likely N-dealkylation sites (tertiary alicyclic amines) is 2. The van der Waals surface area contributed by atoms with Crippen LogP contribution in [0.15, 0.2) is 72.8 Å². The van der Waals surface area contributed by atoms with Crippen LogP contribution in [0.2, 0.25) is 0 Å². The summed E-state index contributed by atoms with van der Waals surface area (Å²) in [6, 6.07) is 22.9. The molecule has 3 aromatic carbocycles. The number of anilines is 1. The van der Waals surface area contributed by atoms with Gasteiger partial charge in [-0.25, -0.2) is 9.48 Å². The average Bonchev–Trinajstić information content (AvgIpc) is 3.88. The van der Waals surface area contributed by atoms with Crippen molar-refractivity contribution in [2.45, 2.75) is 70.1 Å². The molecule has 340 valence electrons. The summed E-state index contributed by atoms with van der Waals surface area (Å²) in [6.07, 6.45) is 5.68. The van der Waals surface area contributed by atoms with Gasteiger partial charge in [0.05, 0.1) is 6.04 Å². The third-order valence-electron chi connectivity index (χ3n) is 14.5. The first-order chi connectivity index (χ1) is 31.6. The number of carbonyl (C=O) groups is 5. The second kappa shape index (κ2) is 18.3. The minimum absolute atomic E-state index is 0.144. The first-order valence-electron chi connectivity index (χ1n) is 23.4. The molecule has 6 aliphatic heterocycles. The van der Waals surface area contributed by atoms with E-state index in [1.54, 1.807) is 4.90 Å². The predicted octanol–water partition coefficient (Wildman–Crippen LogP) is 4.92. The predicted molar refractivity (Wildman–Crippen MR) is 243 cm³/mol. The highest BCUT2D eigenvalue weighted by molar-refractivity contribution is 6.05. The Morgan fingerprint density at radius 2 is 1.49 bits per heavy atom. The summed E-state index contributed by atoms with van der Waals surface area (Å²) in [5, 5.41) is 10.9. The number of rotatable bonds is 10. The molecule has 2 unspecified atom stereocenters. The van der Waals surface area contributed by atoms with Gasteiger partial charge in [-0.3, -0.25) is 29.4 Å². The van der Waals surface area contributed by atoms with Gasteiger partial charge in [-0.2, -0.15) is 5.10 Å². The van der Waals surface area contributed by atoms with Gasteiger partial charge in [0.25, 0.3) is 11.8 Å². The van der Waals surface area contributed by atoms with Crippen LogP contribution in [0.25, 0.3) is 11.3 Å². The van der Waals surface area contributed by atoms with Crippen molar-refractivity contribution < 1.29 is 28.7 Å². The van der Waals surface area contributed by atoms with Crippen LogP contribution in [0.1, 0.15) is 82.8 Å². The molecule has 0 saturated carbocycles. The summed E-state index contributed by atoms with van der Waals surface area (Å²) in [4.78, 5) is 74.4. The summed E-state index contributed by atoms with van der Waals surface area (Å²) in [5.74, 6) is 1.84. The van der Waals surface area contributed by atoms with Crippen LogP contribution in [0.4, 0.5) is 10.6 Å². The zero-order valence-electron chi connectivity index (χ0n) is 36.8. The highest BCUT2D eigenvalue weighted by Gasteiger charge is 2.40. The maximum absolute atomic E-state index is 13.7. The van der Waals surface area contributed by atoms with Crippen molar-refractivity contribution in [3.8, 4) is 22.8 Å². The molecule has 7 heterocycles. The molecular formula is C49H58N10O6. The molecule has 2 atom stereocenters. The number of hydrogen-bond acceptors (Lipinski definition) is 10. The number of benzene rings is 3. The summed E-state index contributed by atoms with van der Waals surface area (Å²) < 4.78 is 8.03. The Hall–Kier alpha value is -6.26. The lowest BCUT2D eigenvalue weighted by Gasteiger charge is -2.42. The Labute approximate surface area is 379 Å². The quantitative estimate of drug-likeness (QED) is 0.185. The number of primary amides is 1. The highest BCUT2D eigenvalue weighted by Crippen LogP contribution is 2.41. The van der Waals surface area contributed by atoms with Crippen LogP contribution in [0.3, 0.4) is 0 Å². The molecule has 4 N–H and O–H groups in total. The number of piperidine rings is 3. The summed E-state index contributed by atoms with van der Waals surface area (Å²) in [6.45, 7) is 9.46. The summed E-state index contributed by atoms with van der Waals surface area (Å²) >= 11 is 0. The molecule has 16 nitrogen and oxygen atoms in total. The number of imide groups is 1. The van der Waals surface area contributed by atoms with Crippen LogP contribution in [-0.2, 0) is 22.7 Å². The van der Waals surface area contributed by atoms with Gasteiger partial charge in [0, 0.05) is 83.0 Å². The number of nitrogens with zero attached hydrogens (tertiary/aromatic N) is 7. The molecule has 0 aliphatic carbocycles. The van der Waals surface area contributed by atoms with E-state index >= 15 is 0 Å². The summed E-state index contributed by atoms with van der Waals surface area (Å²) in [5.41, 5.74) is 10.5. The molecule has 6 aliphatic rings. The molecule has 0 bridgehead atoms. The lowest BCUT2D eigenvalue weighted by atomic mass is 9.86. The molecule has 4 fully saturated rings. The van der Waals surface area contributed by atoms with Gasteiger partial charge in [0.15, 0.2) is 0 Å². The lowest BCUT2D eigenvalue weighted by molar-refractivity contribution is -0.136. The Morgan fingerprint density at radius 3 is 2.22 bits per heavy atom. The number of carbonyl (C=O) groups excluding carboxylic acids is 5. The SMILES string of the molecule is NC(=O)c1c(-c2ccc(Oc3ccccc3)cc2)nn2c1NCCC2C1CCN(CC2CCN(C(=O)N3CCN(Cc4ccc5c(c4)CN(C4CCC(=O)NC4=O)C5=O)CC3)CC2)CC1. The number of para-hydroxylation sites is 1. The monoisotopic (exact) mass is 882 g/mol. The van der Waals surface area contributed by atoms with Crippen molar-refractivity contribution in [1.82, 2.24) is 39.6 Å². The number of aromatic nitrogens is 2. The molecule has 1 aromatic heterocycles. The van der Waals surface area contributed by atoms with E-state index < -0.39 is 17.9 Å². The molecule has 16 heteroatoms. The number of urea groups is 1. The van der Waals surface area contributed by atoms with Gasteiger partial charge in [-0.15, -0.1) is 0 Å². The van der Waals surface area contributed by atoms with Gasteiger partial charge < -0.3 is 35.4 Å². The molecule has 4 aromatic rings. The largest absolute Gasteiger partial charge is 0.457 e. The number of hydrogen-bond donors (Lipinski definition) is 3. The molecule has 65 heavy (non-hydrogen) atoms. The van der Waals surface area contributed by atoms with Crippen molar-refractivity contribution in [3.05, 3.63) is 95.1 Å². The molecular weight excluding hydrogens is 825 g/mol. The second-order valence-electron chi connectivity index (χ2n) is 18.6. The Morgan fingerprint density at radius 1 is 0.769 bits per heavy atom. The maximum atomic E-state index is 13.7. The first-order valence-corrected chi connectivity index (χ1v) is 23.4. The topological polar surface area (TPSA) is 179 Å². The fourth-order valence-electron chi connectivity index (χ4n) is 11.0. The lowest BCUT2D eigenvalue weighted by Crippen LogP contribution is -2.54. The fourth-order valence-corrected chi connectivity index (χ4v) is 11.0. The van der Waals surface area contributed by atoms with E-state index in [-0.39, 0.29) is 30.3 Å². The van der Waals surface area contributed by atoms with Crippen LogP contribution in [0.5, 0.6) is 11.5 Å². The number of fused-ring (bicyclic) bond motifs is 2. The van der Waals surface area contributed by atoms with Crippen molar-refractivity contribution in [2.75, 3.05) is 70.8 Å². The van der Waals surface area contributed by atoms with Gasteiger partial charge >= 0.3 is 6.03 Å². The number of piperazine rings is 1. The standard InChI is InChI=1S/C49H58N10O6/c50-45(61)43-44(35-7-9-38(10-8-35)65-37-4-2-1-3-5-37)53-59-40(14-19-51-46(43)59)34-17-20-54(21-18-34)29-32-15-22-56(23-16-32)49(64)57-26-24-55(25-27-57)30-33-6-11-39-36(28-33)31-58(48(39)63)41-12-13-42(60)52-47(41)62/h1-11,28,32,34,40-41,51H,12-27,29-31H2,(H2,50,61)(H,52,60,62). The number of amides is 6. The van der Waals surface area contributed by atoms with E-state index in [9.17, 15) is 24.0 Å². The number of nitrogens with two attached hydrogens (primary N) is 1. The molecule has 10 rings (SSSR count). The second-order valence-corrected chi connectivity index (χ2v) is 18.6. The van der Waals surface area contributed by atoms with E-state index in [0.717, 1.165) is 119 Å². The summed E-state index contributed by atoms with van der Waals surface area (Å²) in [7, 11) is 0. The third-order valence-corrected chi connectivity index (χ3v) is 14.5. The Balaban J connectivity index is 0.669. The first kappa shape index (κ1) is 42.7. The van der Waals surface area contributed by atoms with Gasteiger partial charge in [0.1, 0.15) is 34.6 Å². The van der Waals surface area contributed by atoms with Gasteiger partial charge in [-0.05, 0) is 117 Å². The minimum Gasteiger partial charge on any atom is -0.457 e. The molecule has 0 spiro atoms. The van der Waals surface area contributed by atoms with Crippen LogP contribution >= 0.6 is 0 Å². The molecule has 0 radical (unpaired) electrons. The van der Waals surface area contributed by atoms with Gasteiger partial charge in [-0.1, -0.05) is 30.3 Å². The third kappa shape index (κ3) is 8.93. The fraction of sp³-hybridized carbons (Fsp3) is 0.469.